The molecule has 0 aliphatic carbocycles. The van der Waals surface area contributed by atoms with Crippen molar-refractivity contribution < 1.29 is 17.6 Å². The van der Waals surface area contributed by atoms with E-state index in [1.807, 2.05) is 30.5 Å². The number of anilines is 1. The predicted octanol–water partition coefficient (Wildman–Crippen LogP) is 4.59. The molecule has 0 fully saturated rings. The Morgan fingerprint density at radius 3 is 2.74 bits per heavy atom. The summed E-state index contributed by atoms with van der Waals surface area (Å²) < 4.78 is 41.4. The molecule has 0 bridgehead atoms. The van der Waals surface area contributed by atoms with Gasteiger partial charge in [-0.05, 0) is 50.2 Å². The molecule has 3 aromatic heterocycles. The minimum absolute atomic E-state index is 0.0769. The van der Waals surface area contributed by atoms with E-state index >= 15 is 0 Å². The van der Waals surface area contributed by atoms with E-state index < -0.39 is 10.0 Å². The number of oxazole rings is 1. The van der Waals surface area contributed by atoms with Crippen LogP contribution in [0.1, 0.15) is 17.1 Å². The molecule has 5 aromatic rings. The number of thioether (sulfide) groups is 1. The van der Waals surface area contributed by atoms with Crippen molar-refractivity contribution in [1.82, 2.24) is 19.4 Å². The van der Waals surface area contributed by atoms with E-state index in [2.05, 4.69) is 19.7 Å². The highest BCUT2D eigenvalue weighted by Crippen LogP contribution is 2.30. The number of nitrogens with one attached hydrogen (secondary N) is 1. The Labute approximate surface area is 200 Å². The Bertz CT molecular complexity index is 1630. The number of aromatic nitrogens is 4. The highest BCUT2D eigenvalue weighted by atomic mass is 32.2. The first-order valence-corrected chi connectivity index (χ1v) is 12.8. The summed E-state index contributed by atoms with van der Waals surface area (Å²) in [6.07, 6.45) is 1.95. The molecule has 0 radical (unpaired) electrons. The largest absolute Gasteiger partial charge is 0.495 e. The smallest absolute Gasteiger partial charge is 0.262 e. The van der Waals surface area contributed by atoms with Gasteiger partial charge in [0.05, 0.1) is 23.4 Å². The van der Waals surface area contributed by atoms with Gasteiger partial charge in [0, 0.05) is 23.3 Å². The van der Waals surface area contributed by atoms with Gasteiger partial charge in [-0.15, -0.1) is 0 Å². The monoisotopic (exact) mass is 495 g/mol. The second kappa shape index (κ2) is 8.65. The van der Waals surface area contributed by atoms with Gasteiger partial charge in [0.2, 0.25) is 5.78 Å². The van der Waals surface area contributed by atoms with Crippen molar-refractivity contribution >= 4 is 44.3 Å². The number of hydrogen-bond acceptors (Lipinski definition) is 8. The van der Waals surface area contributed by atoms with Crippen LogP contribution in [0.4, 0.5) is 5.69 Å². The van der Waals surface area contributed by atoms with Crippen molar-refractivity contribution in [3.05, 3.63) is 71.8 Å². The number of ether oxygens (including phenoxy) is 1. The minimum Gasteiger partial charge on any atom is -0.495 e. The summed E-state index contributed by atoms with van der Waals surface area (Å²) in [4.78, 5) is 13.6. The summed E-state index contributed by atoms with van der Waals surface area (Å²) in [5, 5.41) is 0.431. The summed E-state index contributed by atoms with van der Waals surface area (Å²) in [6.45, 7) is 3.95. The van der Waals surface area contributed by atoms with E-state index in [1.54, 1.807) is 30.3 Å². The first-order chi connectivity index (χ1) is 16.3. The number of imidazole rings is 1. The number of hydrogen-bond donors (Lipinski definition) is 1. The van der Waals surface area contributed by atoms with E-state index in [0.717, 1.165) is 17.1 Å². The molecular formula is C23H21N5O4S2. The minimum atomic E-state index is -3.84. The fourth-order valence-electron chi connectivity index (χ4n) is 3.57. The molecule has 11 heteroatoms. The second-order valence-corrected chi connectivity index (χ2v) is 10.3. The van der Waals surface area contributed by atoms with Crippen LogP contribution in [0.25, 0.3) is 16.9 Å². The zero-order valence-corrected chi connectivity index (χ0v) is 20.3. The van der Waals surface area contributed by atoms with Crippen LogP contribution in [0.2, 0.25) is 0 Å². The van der Waals surface area contributed by atoms with Crippen LogP contribution in [0.15, 0.2) is 69.3 Å². The molecule has 0 saturated heterocycles. The van der Waals surface area contributed by atoms with Gasteiger partial charge in [-0.25, -0.2) is 23.4 Å². The summed E-state index contributed by atoms with van der Waals surface area (Å²) in [6, 6.07) is 13.4. The first kappa shape index (κ1) is 22.2. The van der Waals surface area contributed by atoms with Crippen LogP contribution < -0.4 is 9.46 Å². The Hall–Kier alpha value is -3.57. The number of fused-ring (bicyclic) bond motifs is 2. The highest BCUT2D eigenvalue weighted by molar-refractivity contribution is 7.98. The van der Waals surface area contributed by atoms with Crippen molar-refractivity contribution in [2.45, 2.75) is 29.7 Å². The molecule has 2 aromatic carbocycles. The van der Waals surface area contributed by atoms with Gasteiger partial charge in [-0.3, -0.25) is 9.12 Å². The molecule has 0 aliphatic rings. The standard InChI is InChI=1S/C23H21N5O4S2/c1-14-10-15(2)28-12-16(25-22(28)24-14)13-33-23-26-19-11-17(8-9-21(19)32-23)34(29,30)27-18-6-4-5-7-20(18)31-3/h4-12,27H,13H2,1-3H3. The Balaban J connectivity index is 1.36. The van der Waals surface area contributed by atoms with Gasteiger partial charge in [-0.2, -0.15) is 0 Å². The van der Waals surface area contributed by atoms with Gasteiger partial charge in [-0.1, -0.05) is 23.9 Å². The van der Waals surface area contributed by atoms with Crippen LogP contribution >= 0.6 is 11.8 Å². The maximum absolute atomic E-state index is 12.9. The quantitative estimate of drug-likeness (QED) is 0.326. The molecule has 0 atom stereocenters. The number of nitrogens with zero attached hydrogens (tertiary/aromatic N) is 4. The van der Waals surface area contributed by atoms with Gasteiger partial charge < -0.3 is 9.15 Å². The molecule has 0 unspecified atom stereocenters. The molecule has 0 amide bonds. The van der Waals surface area contributed by atoms with Crippen molar-refractivity contribution in [2.24, 2.45) is 0 Å². The van der Waals surface area contributed by atoms with Crippen LogP contribution in [0.5, 0.6) is 5.75 Å². The fraction of sp³-hybridized carbons (Fsp3) is 0.174. The zero-order valence-electron chi connectivity index (χ0n) is 18.6. The maximum atomic E-state index is 12.9. The highest BCUT2D eigenvalue weighted by Gasteiger charge is 2.19. The van der Waals surface area contributed by atoms with Crippen molar-refractivity contribution in [1.29, 1.82) is 0 Å². The number of rotatable bonds is 7. The number of benzene rings is 2. The maximum Gasteiger partial charge on any atom is 0.262 e. The third kappa shape index (κ3) is 4.31. The molecule has 174 valence electrons. The fourth-order valence-corrected chi connectivity index (χ4v) is 5.38. The molecule has 5 rings (SSSR count). The summed E-state index contributed by atoms with van der Waals surface area (Å²) in [5.41, 5.74) is 4.13. The lowest BCUT2D eigenvalue weighted by Crippen LogP contribution is -2.13. The van der Waals surface area contributed by atoms with Gasteiger partial charge in [0.25, 0.3) is 15.2 Å². The Morgan fingerprint density at radius 2 is 1.91 bits per heavy atom. The molecule has 0 saturated carbocycles. The van der Waals surface area contributed by atoms with Crippen molar-refractivity contribution in [3.8, 4) is 5.75 Å². The lowest BCUT2D eigenvalue weighted by Gasteiger charge is -2.11. The van der Waals surface area contributed by atoms with Crippen molar-refractivity contribution in [2.75, 3.05) is 11.8 Å². The predicted molar refractivity (Wildman–Crippen MR) is 130 cm³/mol. The summed E-state index contributed by atoms with van der Waals surface area (Å²) >= 11 is 1.38. The Kier molecular flexibility index (Phi) is 5.66. The van der Waals surface area contributed by atoms with Gasteiger partial charge in [0.15, 0.2) is 5.58 Å². The topological polar surface area (TPSA) is 112 Å². The van der Waals surface area contributed by atoms with E-state index in [1.165, 1.54) is 31.0 Å². The zero-order chi connectivity index (χ0) is 23.9. The molecule has 34 heavy (non-hydrogen) atoms. The van der Waals surface area contributed by atoms with E-state index in [-0.39, 0.29) is 4.90 Å². The summed E-state index contributed by atoms with van der Waals surface area (Å²) in [5.74, 6) is 1.62. The molecule has 1 N–H and O–H groups in total. The lowest BCUT2D eigenvalue weighted by atomic mass is 10.3. The normalized spacial score (nSPS) is 11.9. The van der Waals surface area contributed by atoms with Crippen LogP contribution in [-0.2, 0) is 15.8 Å². The van der Waals surface area contributed by atoms with E-state index in [4.69, 9.17) is 9.15 Å². The number of methoxy groups -OCH3 is 1. The average molecular weight is 496 g/mol. The number of para-hydroxylation sites is 2. The SMILES string of the molecule is COc1ccccc1NS(=O)(=O)c1ccc2oc(SCc3cn4c(C)cc(C)nc4n3)nc2c1. The summed E-state index contributed by atoms with van der Waals surface area (Å²) in [7, 11) is -2.36. The third-order valence-electron chi connectivity index (χ3n) is 5.16. The molecule has 3 heterocycles. The third-order valence-corrected chi connectivity index (χ3v) is 7.38. The Morgan fingerprint density at radius 1 is 1.09 bits per heavy atom. The number of sulfonamides is 1. The van der Waals surface area contributed by atoms with Gasteiger partial charge in [0.1, 0.15) is 11.3 Å². The van der Waals surface area contributed by atoms with Gasteiger partial charge >= 0.3 is 0 Å². The van der Waals surface area contributed by atoms with E-state index in [9.17, 15) is 8.42 Å². The first-order valence-electron chi connectivity index (χ1n) is 10.3. The molecular weight excluding hydrogens is 474 g/mol. The molecule has 0 spiro atoms. The van der Waals surface area contributed by atoms with Crippen molar-refractivity contribution in [3.63, 3.8) is 0 Å². The average Bonchev–Trinajstić information content (AvgIpc) is 3.40. The lowest BCUT2D eigenvalue weighted by molar-refractivity contribution is 0.417. The molecule has 9 nitrogen and oxygen atoms in total. The molecule has 0 aliphatic heterocycles. The number of aryl methyl sites for hydroxylation is 2. The van der Waals surface area contributed by atoms with Crippen LogP contribution in [0, 0.1) is 13.8 Å². The van der Waals surface area contributed by atoms with Crippen LogP contribution in [0.3, 0.4) is 0 Å². The van der Waals surface area contributed by atoms with E-state index in [0.29, 0.717) is 39.3 Å². The second-order valence-electron chi connectivity index (χ2n) is 7.64. The van der Waals surface area contributed by atoms with Crippen LogP contribution in [-0.4, -0.2) is 34.9 Å².